The molecule has 1 unspecified atom stereocenters. The van der Waals surface area contributed by atoms with Crippen LogP contribution in [0.25, 0.3) is 0 Å². The zero-order valence-corrected chi connectivity index (χ0v) is 14.3. The number of para-hydroxylation sites is 1. The van der Waals surface area contributed by atoms with Crippen molar-refractivity contribution >= 4 is 5.69 Å². The van der Waals surface area contributed by atoms with Crippen LogP contribution in [0.15, 0.2) is 24.3 Å². The zero-order chi connectivity index (χ0) is 16.4. The van der Waals surface area contributed by atoms with E-state index < -0.39 is 0 Å². The third-order valence-corrected chi connectivity index (χ3v) is 8.46. The number of nitrogens with zero attached hydrogens (tertiary/aromatic N) is 2. The van der Waals surface area contributed by atoms with E-state index in [1.807, 2.05) is 0 Å². The first-order valence-corrected chi connectivity index (χ1v) is 9.57. The summed E-state index contributed by atoms with van der Waals surface area (Å²) in [4.78, 5) is 4.83. The minimum atomic E-state index is -0.319. The van der Waals surface area contributed by atoms with Crippen LogP contribution >= 0.6 is 0 Å². The third-order valence-electron chi connectivity index (χ3n) is 8.46. The van der Waals surface area contributed by atoms with Crippen LogP contribution in [0.2, 0.25) is 0 Å². The lowest BCUT2D eigenvalue weighted by atomic mass is 9.62. The highest BCUT2D eigenvalue weighted by Crippen LogP contribution is 2.68. The van der Waals surface area contributed by atoms with Gasteiger partial charge in [-0.2, -0.15) is 0 Å². The first-order valence-electron chi connectivity index (χ1n) is 9.57. The Morgan fingerprint density at radius 2 is 2.00 bits per heavy atom. The number of likely N-dealkylation sites (N-methyl/N-ethyl adjacent to an activating group) is 1. The standard InChI is InChI=1S/C20H26N2O2/c1-3-10-11-8-14-17-20(12-6-4-5-7-13(12)21(17)2)9-15(16(11)18(20)23)22(14)19(10)24/h4-7,10-11,14-19,23-24H,3,8-9H2,1-2H3/t10-,11+,14-,15-,16-,17-,18-,19+,20+/m0/s1. The Balaban J connectivity index is 1.60. The van der Waals surface area contributed by atoms with Crippen LogP contribution in [0.4, 0.5) is 5.69 Å². The zero-order valence-electron chi connectivity index (χ0n) is 14.3. The lowest BCUT2D eigenvalue weighted by molar-refractivity contribution is -0.211. The number of rotatable bonds is 1. The summed E-state index contributed by atoms with van der Waals surface area (Å²) in [5.41, 5.74) is 2.51. The SMILES string of the molecule is CC[C@H]1[C@H]2C[C@H]3[C@@H]4N(C)c5ccccc5[C@]45C[C@@H]([C@H]2[C@@H]5O)N3[C@@H]1O. The van der Waals surface area contributed by atoms with Gasteiger partial charge in [0.05, 0.1) is 12.1 Å². The van der Waals surface area contributed by atoms with Crippen molar-refractivity contribution in [2.75, 3.05) is 11.9 Å². The number of aliphatic hydroxyl groups is 2. The molecule has 0 radical (unpaired) electrons. The molecule has 2 N–H and O–H groups in total. The van der Waals surface area contributed by atoms with Gasteiger partial charge in [0.15, 0.2) is 0 Å². The number of piperidine rings is 4. The summed E-state index contributed by atoms with van der Waals surface area (Å²) >= 11 is 0. The van der Waals surface area contributed by atoms with Crippen molar-refractivity contribution in [1.29, 1.82) is 0 Å². The summed E-state index contributed by atoms with van der Waals surface area (Å²) in [6.45, 7) is 2.19. The predicted molar refractivity (Wildman–Crippen MR) is 91.7 cm³/mol. The number of anilines is 1. The number of aliphatic hydroxyl groups excluding tert-OH is 2. The smallest absolute Gasteiger partial charge is 0.111 e. The van der Waals surface area contributed by atoms with Gasteiger partial charge in [-0.25, -0.2) is 0 Å². The molecule has 1 spiro atoms. The maximum absolute atomic E-state index is 11.6. The van der Waals surface area contributed by atoms with Gasteiger partial charge in [-0.1, -0.05) is 25.1 Å². The second-order valence-electron chi connectivity index (χ2n) is 8.81. The van der Waals surface area contributed by atoms with Crippen molar-refractivity contribution < 1.29 is 10.2 Å². The first-order chi connectivity index (χ1) is 11.6. The van der Waals surface area contributed by atoms with Gasteiger partial charge in [0, 0.05) is 42.1 Å². The van der Waals surface area contributed by atoms with E-state index >= 15 is 0 Å². The van der Waals surface area contributed by atoms with Gasteiger partial charge in [0.2, 0.25) is 0 Å². The molecular weight excluding hydrogens is 300 g/mol. The Kier molecular flexibility index (Phi) is 2.45. The maximum Gasteiger partial charge on any atom is 0.111 e. The van der Waals surface area contributed by atoms with E-state index in [4.69, 9.17) is 0 Å². The molecule has 1 saturated carbocycles. The topological polar surface area (TPSA) is 46.9 Å². The largest absolute Gasteiger partial charge is 0.392 e. The van der Waals surface area contributed by atoms with Crippen LogP contribution in [0, 0.1) is 17.8 Å². The van der Waals surface area contributed by atoms with Gasteiger partial charge in [0.25, 0.3) is 0 Å². The normalized spacial score (nSPS) is 55.8. The molecule has 5 fully saturated rings. The van der Waals surface area contributed by atoms with E-state index in [2.05, 4.69) is 48.0 Å². The lowest BCUT2D eigenvalue weighted by Gasteiger charge is -2.62. The molecule has 0 aromatic heterocycles. The second-order valence-corrected chi connectivity index (χ2v) is 8.81. The number of hydrogen-bond acceptors (Lipinski definition) is 4. The van der Waals surface area contributed by atoms with E-state index in [-0.39, 0.29) is 17.7 Å². The van der Waals surface area contributed by atoms with Gasteiger partial charge < -0.3 is 15.1 Å². The molecule has 4 nitrogen and oxygen atoms in total. The van der Waals surface area contributed by atoms with Crippen molar-refractivity contribution in [3.05, 3.63) is 29.8 Å². The van der Waals surface area contributed by atoms with Crippen LogP contribution in [0.5, 0.6) is 0 Å². The molecule has 1 aliphatic carbocycles. The van der Waals surface area contributed by atoms with E-state index in [1.54, 1.807) is 0 Å². The van der Waals surface area contributed by atoms with E-state index in [0.29, 0.717) is 35.9 Å². The summed E-state index contributed by atoms with van der Waals surface area (Å²) in [7, 11) is 2.19. The molecule has 10 atom stereocenters. The Morgan fingerprint density at radius 3 is 2.79 bits per heavy atom. The highest BCUT2D eigenvalue weighted by Gasteiger charge is 2.76. The van der Waals surface area contributed by atoms with Crippen LogP contribution in [-0.2, 0) is 5.41 Å². The fourth-order valence-corrected chi connectivity index (χ4v) is 7.88. The Bertz CT molecular complexity index is 723. The van der Waals surface area contributed by atoms with Crippen molar-refractivity contribution in [3.8, 4) is 0 Å². The summed E-state index contributed by atoms with van der Waals surface area (Å²) in [5.74, 6) is 1.14. The maximum atomic E-state index is 11.6. The quantitative estimate of drug-likeness (QED) is 0.822. The molecule has 0 amide bonds. The molecule has 5 bridgehead atoms. The van der Waals surface area contributed by atoms with Crippen molar-refractivity contribution in [1.82, 2.24) is 4.90 Å². The lowest BCUT2D eigenvalue weighted by Crippen LogP contribution is -2.72. The Labute approximate surface area is 143 Å². The van der Waals surface area contributed by atoms with E-state index in [0.717, 1.165) is 19.3 Å². The highest BCUT2D eigenvalue weighted by molar-refractivity contribution is 5.67. The average Bonchev–Trinajstić information content (AvgIpc) is 2.97. The molecule has 1 aromatic carbocycles. The number of benzene rings is 1. The molecule has 24 heavy (non-hydrogen) atoms. The first kappa shape index (κ1) is 14.1. The van der Waals surface area contributed by atoms with Crippen molar-refractivity contribution in [2.45, 2.75) is 62.1 Å². The van der Waals surface area contributed by atoms with Crippen LogP contribution in [0.1, 0.15) is 31.7 Å². The molecular formula is C20H26N2O2. The Hall–Kier alpha value is -1.10. The van der Waals surface area contributed by atoms with Crippen LogP contribution in [0.3, 0.4) is 0 Å². The molecule has 4 saturated heterocycles. The monoisotopic (exact) mass is 326 g/mol. The second kappa shape index (κ2) is 4.17. The van der Waals surface area contributed by atoms with Crippen molar-refractivity contribution in [3.63, 3.8) is 0 Å². The summed E-state index contributed by atoms with van der Waals surface area (Å²) < 4.78 is 0. The fourth-order valence-electron chi connectivity index (χ4n) is 7.88. The molecule has 5 aliphatic heterocycles. The summed E-state index contributed by atoms with van der Waals surface area (Å²) in [6, 6.07) is 9.70. The molecule has 128 valence electrons. The van der Waals surface area contributed by atoms with Crippen LogP contribution < -0.4 is 4.90 Å². The minimum absolute atomic E-state index is 0.126. The molecule has 5 heterocycles. The van der Waals surface area contributed by atoms with E-state index in [9.17, 15) is 10.2 Å². The van der Waals surface area contributed by atoms with Crippen molar-refractivity contribution in [2.24, 2.45) is 17.8 Å². The third kappa shape index (κ3) is 1.20. The summed E-state index contributed by atoms with van der Waals surface area (Å²) in [5, 5.41) is 22.6. The molecule has 7 rings (SSSR count). The van der Waals surface area contributed by atoms with Gasteiger partial charge in [0.1, 0.15) is 6.23 Å². The fraction of sp³-hybridized carbons (Fsp3) is 0.700. The number of fused-ring (bicyclic) bond motifs is 2. The predicted octanol–water partition coefficient (Wildman–Crippen LogP) is 1.55. The number of hydrogen-bond donors (Lipinski definition) is 2. The van der Waals surface area contributed by atoms with Crippen LogP contribution in [-0.4, -0.2) is 52.6 Å². The van der Waals surface area contributed by atoms with E-state index in [1.165, 1.54) is 11.3 Å². The van der Waals surface area contributed by atoms with Gasteiger partial charge in [-0.15, -0.1) is 0 Å². The van der Waals surface area contributed by atoms with Gasteiger partial charge in [-0.05, 0) is 36.8 Å². The Morgan fingerprint density at radius 1 is 1.21 bits per heavy atom. The van der Waals surface area contributed by atoms with Gasteiger partial charge >= 0.3 is 0 Å². The minimum Gasteiger partial charge on any atom is -0.392 e. The highest BCUT2D eigenvalue weighted by atomic mass is 16.3. The molecule has 1 aromatic rings. The average molecular weight is 326 g/mol. The van der Waals surface area contributed by atoms with Gasteiger partial charge in [-0.3, -0.25) is 4.90 Å². The molecule has 6 aliphatic rings. The molecule has 4 heteroatoms. The summed E-state index contributed by atoms with van der Waals surface area (Å²) in [6.07, 6.45) is 2.56.